The number of alkyl halides is 3. The van der Waals surface area contributed by atoms with Gasteiger partial charge >= 0.3 is 6.18 Å². The smallest absolute Gasteiger partial charge is 0.399 e. The molecule has 0 aromatic heterocycles. The highest BCUT2D eigenvalue weighted by Gasteiger charge is 2.31. The van der Waals surface area contributed by atoms with Gasteiger partial charge in [-0.3, -0.25) is 0 Å². The third kappa shape index (κ3) is 3.27. The highest BCUT2D eigenvalue weighted by molar-refractivity contribution is 5.30. The molecule has 0 saturated carbocycles. The average molecular weight is 177 g/mol. The summed E-state index contributed by atoms with van der Waals surface area (Å²) < 4.78 is 36.0. The van der Waals surface area contributed by atoms with E-state index in [1.54, 1.807) is 0 Å². The van der Waals surface area contributed by atoms with Gasteiger partial charge in [-0.25, -0.2) is 0 Å². The molecule has 0 aromatic carbocycles. The van der Waals surface area contributed by atoms with Crippen LogP contribution in [0.2, 0.25) is 0 Å². The fraction of sp³-hybridized carbons (Fsp3) is 0.250. The van der Waals surface area contributed by atoms with Crippen molar-refractivity contribution >= 4 is 0 Å². The van der Waals surface area contributed by atoms with Crippen molar-refractivity contribution in [1.82, 2.24) is 0 Å². The lowest BCUT2D eigenvalue weighted by molar-refractivity contribution is -0.0883. The summed E-state index contributed by atoms with van der Waals surface area (Å²) >= 11 is 0. The Balaban J connectivity index is 4.74. The molecule has 0 rings (SSSR count). The van der Waals surface area contributed by atoms with Gasteiger partial charge in [0.05, 0.1) is 5.57 Å². The molecule has 68 valence electrons. The molecule has 0 radical (unpaired) electrons. The van der Waals surface area contributed by atoms with Gasteiger partial charge in [-0.2, -0.15) is 13.2 Å². The number of rotatable bonds is 2. The van der Waals surface area contributed by atoms with Crippen LogP contribution in [0.3, 0.4) is 0 Å². The molecule has 0 atom stereocenters. The van der Waals surface area contributed by atoms with Crippen molar-refractivity contribution in [2.75, 3.05) is 0 Å². The number of hydrogen-bond acceptors (Lipinski definition) is 1. The lowest BCUT2D eigenvalue weighted by Crippen LogP contribution is -2.11. The van der Waals surface area contributed by atoms with Crippen molar-refractivity contribution in [3.05, 3.63) is 36.1 Å². The minimum Gasteiger partial charge on any atom is -0.399 e. The van der Waals surface area contributed by atoms with Crippen LogP contribution in [-0.4, -0.2) is 6.18 Å². The molecule has 0 aliphatic heterocycles. The normalized spacial score (nSPS) is 14.7. The first-order valence-corrected chi connectivity index (χ1v) is 3.25. The second-order valence-electron chi connectivity index (χ2n) is 2.09. The van der Waals surface area contributed by atoms with E-state index in [1.807, 2.05) is 0 Å². The van der Waals surface area contributed by atoms with Crippen LogP contribution in [-0.2, 0) is 0 Å². The van der Waals surface area contributed by atoms with Crippen molar-refractivity contribution in [1.29, 1.82) is 0 Å². The van der Waals surface area contributed by atoms with Gasteiger partial charge in [0.15, 0.2) is 0 Å². The predicted octanol–water partition coefficient (Wildman–Crippen LogP) is 2.52. The SMILES string of the molecule is C=C/C(N)=C\C(=C/C)C(F)(F)F. The van der Waals surface area contributed by atoms with E-state index in [9.17, 15) is 13.2 Å². The Kier molecular flexibility index (Phi) is 3.60. The summed E-state index contributed by atoms with van der Waals surface area (Å²) in [5.74, 6) is 0. The topological polar surface area (TPSA) is 26.0 Å². The van der Waals surface area contributed by atoms with Crippen LogP contribution >= 0.6 is 0 Å². The molecular weight excluding hydrogens is 167 g/mol. The zero-order valence-corrected chi connectivity index (χ0v) is 6.65. The Bertz CT molecular complexity index is 223. The van der Waals surface area contributed by atoms with E-state index < -0.39 is 11.7 Å². The summed E-state index contributed by atoms with van der Waals surface area (Å²) in [6, 6.07) is 0. The summed E-state index contributed by atoms with van der Waals surface area (Å²) in [6.45, 7) is 4.54. The molecule has 0 aliphatic rings. The molecule has 12 heavy (non-hydrogen) atoms. The van der Waals surface area contributed by atoms with Gasteiger partial charge in [0.1, 0.15) is 0 Å². The number of nitrogens with two attached hydrogens (primary N) is 1. The van der Waals surface area contributed by atoms with Gasteiger partial charge < -0.3 is 5.73 Å². The molecule has 0 spiro atoms. The lowest BCUT2D eigenvalue weighted by atomic mass is 10.2. The van der Waals surface area contributed by atoms with Crippen LogP contribution in [0.1, 0.15) is 6.92 Å². The van der Waals surface area contributed by atoms with Gasteiger partial charge in [0.2, 0.25) is 0 Å². The Labute approximate surface area is 69.1 Å². The third-order valence-electron chi connectivity index (χ3n) is 1.20. The molecule has 0 fully saturated rings. The van der Waals surface area contributed by atoms with E-state index in [0.717, 1.165) is 18.2 Å². The summed E-state index contributed by atoms with van der Waals surface area (Å²) in [4.78, 5) is 0. The molecule has 0 bridgehead atoms. The zero-order valence-electron chi connectivity index (χ0n) is 6.65. The van der Waals surface area contributed by atoms with Gasteiger partial charge in [0, 0.05) is 5.70 Å². The summed E-state index contributed by atoms with van der Waals surface area (Å²) in [5, 5.41) is 0. The minimum atomic E-state index is -4.34. The summed E-state index contributed by atoms with van der Waals surface area (Å²) in [7, 11) is 0. The predicted molar refractivity (Wildman–Crippen MR) is 42.3 cm³/mol. The number of allylic oxidation sites excluding steroid dienone is 4. The summed E-state index contributed by atoms with van der Waals surface area (Å²) in [6.07, 6.45) is -1.39. The van der Waals surface area contributed by atoms with Gasteiger partial charge in [-0.15, -0.1) is 0 Å². The Morgan fingerprint density at radius 1 is 1.42 bits per heavy atom. The minimum absolute atomic E-state index is 0.000394. The van der Waals surface area contributed by atoms with Crippen molar-refractivity contribution in [2.24, 2.45) is 5.73 Å². The van der Waals surface area contributed by atoms with Gasteiger partial charge in [-0.05, 0) is 19.1 Å². The first-order chi connectivity index (χ1) is 5.41. The molecule has 1 nitrogen and oxygen atoms in total. The molecule has 4 heteroatoms. The van der Waals surface area contributed by atoms with E-state index in [-0.39, 0.29) is 5.70 Å². The van der Waals surface area contributed by atoms with E-state index >= 15 is 0 Å². The molecule has 0 amide bonds. The van der Waals surface area contributed by atoms with Crippen LogP contribution in [0.5, 0.6) is 0 Å². The number of halogens is 3. The second kappa shape index (κ2) is 3.99. The van der Waals surface area contributed by atoms with E-state index in [2.05, 4.69) is 6.58 Å². The van der Waals surface area contributed by atoms with Crippen LogP contribution in [0.25, 0.3) is 0 Å². The lowest BCUT2D eigenvalue weighted by Gasteiger charge is -2.06. The monoisotopic (exact) mass is 177 g/mol. The Hall–Kier alpha value is -1.19. The largest absolute Gasteiger partial charge is 0.416 e. The first kappa shape index (κ1) is 10.8. The average Bonchev–Trinajstić information content (AvgIpc) is 1.97. The maximum atomic E-state index is 12.0. The highest BCUT2D eigenvalue weighted by Crippen LogP contribution is 2.26. The van der Waals surface area contributed by atoms with E-state index in [4.69, 9.17) is 5.73 Å². The Morgan fingerprint density at radius 3 is 2.17 bits per heavy atom. The zero-order chi connectivity index (χ0) is 9.78. The number of hydrogen-bond donors (Lipinski definition) is 1. The summed E-state index contributed by atoms with van der Waals surface area (Å²) in [5.41, 5.74) is 4.38. The van der Waals surface area contributed by atoms with Gasteiger partial charge in [-0.1, -0.05) is 12.7 Å². The first-order valence-electron chi connectivity index (χ1n) is 3.25. The molecule has 0 aromatic rings. The Morgan fingerprint density at radius 2 is 1.92 bits per heavy atom. The molecule has 0 saturated heterocycles. The fourth-order valence-corrected chi connectivity index (χ4v) is 0.567. The molecule has 0 unspecified atom stereocenters. The van der Waals surface area contributed by atoms with Crippen molar-refractivity contribution in [3.8, 4) is 0 Å². The van der Waals surface area contributed by atoms with Crippen LogP contribution in [0.4, 0.5) is 13.2 Å². The fourth-order valence-electron chi connectivity index (χ4n) is 0.567. The molecule has 0 aliphatic carbocycles. The van der Waals surface area contributed by atoms with Crippen molar-refractivity contribution < 1.29 is 13.2 Å². The second-order valence-corrected chi connectivity index (χ2v) is 2.09. The van der Waals surface area contributed by atoms with E-state index in [0.29, 0.717) is 0 Å². The maximum Gasteiger partial charge on any atom is 0.416 e. The van der Waals surface area contributed by atoms with Crippen molar-refractivity contribution in [2.45, 2.75) is 13.1 Å². The maximum absolute atomic E-state index is 12.0. The van der Waals surface area contributed by atoms with Gasteiger partial charge in [0.25, 0.3) is 0 Å². The van der Waals surface area contributed by atoms with Crippen LogP contribution in [0, 0.1) is 0 Å². The van der Waals surface area contributed by atoms with Crippen LogP contribution < -0.4 is 5.73 Å². The highest BCUT2D eigenvalue weighted by atomic mass is 19.4. The molecule has 2 N–H and O–H groups in total. The molecular formula is C8H10F3N. The standard InChI is InChI=1S/C8H10F3N/c1-3-6(8(9,10)11)5-7(12)4-2/h3-5H,2,12H2,1H3/b6-3+,7-5+. The van der Waals surface area contributed by atoms with Crippen LogP contribution in [0.15, 0.2) is 36.1 Å². The van der Waals surface area contributed by atoms with Crippen molar-refractivity contribution in [3.63, 3.8) is 0 Å². The quantitative estimate of drug-likeness (QED) is 0.644. The molecule has 0 heterocycles. The third-order valence-corrected chi connectivity index (χ3v) is 1.20. The van der Waals surface area contributed by atoms with E-state index in [1.165, 1.54) is 6.92 Å².